The van der Waals surface area contributed by atoms with Crippen LogP contribution in [0.4, 0.5) is 10.6 Å². The van der Waals surface area contributed by atoms with Crippen LogP contribution >= 0.6 is 0 Å². The van der Waals surface area contributed by atoms with Crippen LogP contribution in [-0.4, -0.2) is 299 Å². The number of allylic oxidation sites excluding steroid dienone is 5. The molecule has 6 heterocycles. The number of ether oxygens (including phenoxy) is 14. The Kier molecular flexibility index (Phi) is 42.5. The molecule has 2 saturated heterocycles. The van der Waals surface area contributed by atoms with Gasteiger partial charge in [-0.15, -0.1) is 0 Å². The molecule has 1 saturated carbocycles. The summed E-state index contributed by atoms with van der Waals surface area (Å²) in [6.07, 6.45) is 10.8. The number of ketones is 2. The zero-order valence-electron chi connectivity index (χ0n) is 72.1. The largest absolute Gasteiger partial charge is 0.508 e. The number of phenols is 1. The molecule has 0 spiro atoms. The molecule has 3 fully saturated rings. The number of aryl methyl sites for hydroxylation is 1. The van der Waals surface area contributed by atoms with Crippen molar-refractivity contribution in [1.82, 2.24) is 40.3 Å². The van der Waals surface area contributed by atoms with Gasteiger partial charge in [0.2, 0.25) is 11.7 Å². The Hall–Kier alpha value is -7.75. The van der Waals surface area contributed by atoms with Gasteiger partial charge in [0.05, 0.1) is 141 Å². The van der Waals surface area contributed by atoms with Crippen molar-refractivity contribution in [3.63, 3.8) is 0 Å². The van der Waals surface area contributed by atoms with E-state index in [0.717, 1.165) is 39.9 Å². The van der Waals surface area contributed by atoms with E-state index in [1.54, 1.807) is 63.8 Å². The fourth-order valence-corrected chi connectivity index (χ4v) is 15.7. The van der Waals surface area contributed by atoms with Gasteiger partial charge in [-0.1, -0.05) is 64.2 Å². The lowest BCUT2D eigenvalue weighted by atomic mass is 9.80. The van der Waals surface area contributed by atoms with Crippen molar-refractivity contribution in [3.8, 4) is 17.1 Å². The summed E-state index contributed by atoms with van der Waals surface area (Å²) in [5.41, 5.74) is 17.4. The van der Waals surface area contributed by atoms with Crippen molar-refractivity contribution in [2.45, 2.75) is 211 Å². The lowest BCUT2D eigenvalue weighted by Gasteiger charge is -2.42. The Balaban J connectivity index is 0.653. The van der Waals surface area contributed by atoms with Crippen molar-refractivity contribution in [3.05, 3.63) is 78.2 Å². The van der Waals surface area contributed by atoms with Gasteiger partial charge in [0, 0.05) is 101 Å². The van der Waals surface area contributed by atoms with Crippen LogP contribution < -0.4 is 22.1 Å². The summed E-state index contributed by atoms with van der Waals surface area (Å²) in [4.78, 5) is 96.2. The van der Waals surface area contributed by atoms with Gasteiger partial charge in [-0.25, -0.2) is 24.2 Å². The van der Waals surface area contributed by atoms with E-state index >= 15 is 0 Å². The van der Waals surface area contributed by atoms with E-state index in [9.17, 15) is 49.2 Å². The van der Waals surface area contributed by atoms with Gasteiger partial charge < -0.3 is 119 Å². The highest BCUT2D eigenvalue weighted by Crippen LogP contribution is 2.39. The number of hydrogen-bond donors (Lipinski definition) is 9. The molecule has 3 aromatic heterocycles. The number of phenolic OH excluding ortho intramolecular Hbond substituents is 1. The molecule has 121 heavy (non-hydrogen) atoms. The van der Waals surface area contributed by atoms with E-state index in [0.29, 0.717) is 178 Å². The van der Waals surface area contributed by atoms with Crippen LogP contribution in [-0.2, 0) is 96.8 Å². The number of aromatic hydroxyl groups is 1. The van der Waals surface area contributed by atoms with Crippen LogP contribution in [0, 0.1) is 29.6 Å². The molecule has 34 heteroatoms. The Morgan fingerprint density at radius 1 is 0.711 bits per heavy atom. The van der Waals surface area contributed by atoms with Crippen molar-refractivity contribution in [2.24, 2.45) is 35.3 Å². The number of amides is 3. The van der Waals surface area contributed by atoms with E-state index in [1.165, 1.54) is 20.5 Å². The first-order valence-electron chi connectivity index (χ1n) is 42.9. The number of unbranched alkanes of at least 4 members (excludes halogenated alkanes) is 1. The van der Waals surface area contributed by atoms with Gasteiger partial charge in [0.1, 0.15) is 54.0 Å². The fraction of sp³-hybridized carbons (Fsp3) is 0.690. The number of alkyl carbamates (subject to hydrolysis) is 1. The summed E-state index contributed by atoms with van der Waals surface area (Å²) in [6, 6.07) is 4.87. The molecule has 4 aliphatic rings. The SMILES string of the molecule is CO[C@H]1C[C@@H]2CC[C@@H](C)[C@@](O)(O2)C(=O)C(=O)N2CCCC[C@H]2C(=O)O[C@H]([C@H](N)C[C@@H]2CC[C@@H](OC(=O)NCCOCCOCCOCCOCCOCCOCCOCCOCCC(=O)NCCCCn3nc(-c4cc5cc(O)ccc5[nH]4)c4c(N)ncnc43)[C@H](OC)C2)C[C@@H](O)[C@H](C)/C=C(\C)[C@@H](O)[C@@H](OC)C(=O)[C@H](C)C[C@H](C)/C=C/C=CC=C1C. The summed E-state index contributed by atoms with van der Waals surface area (Å²) < 4.78 is 82.3. The number of H-pyrrole nitrogens is 1. The number of nitrogen functional groups attached to an aromatic ring is 1. The Morgan fingerprint density at radius 2 is 1.37 bits per heavy atom. The van der Waals surface area contributed by atoms with Crippen molar-refractivity contribution >= 4 is 63.2 Å². The number of anilines is 1. The topological polar surface area (TPSA) is 451 Å². The average Bonchev–Trinajstić information content (AvgIpc) is 1.69. The maximum absolute atomic E-state index is 14.7. The van der Waals surface area contributed by atoms with E-state index in [4.69, 9.17) is 82.9 Å². The number of cyclic esters (lactones) is 1. The number of aromatic nitrogens is 5. The minimum atomic E-state index is -2.49. The van der Waals surface area contributed by atoms with Gasteiger partial charge in [-0.3, -0.25) is 19.2 Å². The maximum atomic E-state index is 14.7. The minimum absolute atomic E-state index is 0.0174. The van der Waals surface area contributed by atoms with Crippen molar-refractivity contribution in [2.75, 3.05) is 152 Å². The first-order valence-corrected chi connectivity index (χ1v) is 42.9. The highest BCUT2D eigenvalue weighted by Gasteiger charge is 2.53. The van der Waals surface area contributed by atoms with E-state index < -0.39 is 108 Å². The second-order valence-corrected chi connectivity index (χ2v) is 32.0. The summed E-state index contributed by atoms with van der Waals surface area (Å²) in [7, 11) is 4.47. The third-order valence-electron chi connectivity index (χ3n) is 22.8. The van der Waals surface area contributed by atoms with Crippen LogP contribution in [0.3, 0.4) is 0 Å². The summed E-state index contributed by atoms with van der Waals surface area (Å²) in [5, 5.41) is 57.7. The third kappa shape index (κ3) is 31.2. The third-order valence-corrected chi connectivity index (χ3v) is 22.8. The molecule has 1 aliphatic carbocycles. The van der Waals surface area contributed by atoms with E-state index in [-0.39, 0.29) is 94.3 Å². The van der Waals surface area contributed by atoms with Crippen molar-refractivity contribution in [1.29, 1.82) is 0 Å². The van der Waals surface area contributed by atoms with Crippen molar-refractivity contribution < 1.29 is 116 Å². The lowest BCUT2D eigenvalue weighted by Crippen LogP contribution is -2.61. The number of carbonyl (C=O) groups excluding carboxylic acids is 6. The molecular weight excluding hydrogens is 1570 g/mol. The second kappa shape index (κ2) is 52.1. The molecule has 8 rings (SSSR count). The number of hydrogen-bond acceptors (Lipinski definition) is 29. The predicted octanol–water partition coefficient (Wildman–Crippen LogP) is 7.09. The number of carbonyl (C=O) groups is 6. The number of aliphatic hydroxyl groups is 3. The van der Waals surface area contributed by atoms with Gasteiger partial charge >= 0.3 is 12.1 Å². The van der Waals surface area contributed by atoms with Gasteiger partial charge in [0.25, 0.3) is 11.7 Å². The smallest absolute Gasteiger partial charge is 0.407 e. The Labute approximate surface area is 710 Å². The number of rotatable bonds is 40. The number of aromatic amines is 1. The summed E-state index contributed by atoms with van der Waals surface area (Å²) in [5.74, 6) is -7.53. The molecule has 1 aromatic carbocycles. The molecule has 34 nitrogen and oxygen atoms in total. The van der Waals surface area contributed by atoms with Gasteiger partial charge in [-0.2, -0.15) is 5.10 Å². The highest BCUT2D eigenvalue weighted by atomic mass is 16.6. The van der Waals surface area contributed by atoms with Crippen LogP contribution in [0.5, 0.6) is 5.75 Å². The summed E-state index contributed by atoms with van der Waals surface area (Å²) >= 11 is 0. The maximum Gasteiger partial charge on any atom is 0.407 e. The molecule has 3 amide bonds. The molecule has 0 radical (unpaired) electrons. The van der Waals surface area contributed by atoms with Crippen LogP contribution in [0.1, 0.15) is 138 Å². The molecule has 2 bridgehead atoms. The monoisotopic (exact) mass is 1700 g/mol. The highest BCUT2D eigenvalue weighted by molar-refractivity contribution is 6.39. The standard InChI is InChI=1S/C87H134N10O24/c1-56-17-11-10-12-18-57(2)72(108-7)53-65-23-20-61(6)87(107,121-65)81(103)84(104)96-29-15-13-19-69(96)85(105)119-73(54-70(99)58(3)48-60(5)79(102)80(110-9)78(101)59(4)47-56)66(88)49-62-21-25-71(74(50-62)109-8)120-86(106)91-28-32-112-34-36-114-38-40-116-42-44-118-46-45-117-43-41-115-39-37-113-35-33-111-31-26-75(100)90-27-14-16-30-97-83-76(82(89)92-55-93-83)77(95-97)68-52-63-51-64(98)22-24-67(63)94-68/h10-12,17-18,22,24,48,51-52,55-56,58-59,61-62,65-66,69-74,79-80,94,98-99,102,107H,13-16,19-21,23,25-47,49-50,53-54,88H2,1-9H3,(H,90,100)(H,91,106)(H2,89,92,93)/b12-10?,17-11+,57-18?,60-48+/t56-,58-,59-,61-,62+,65+,66-,69+,70-,71-,72+,73+,74-,79-,80+,87-/m1/s1. The zero-order chi connectivity index (χ0) is 87.2. The number of nitrogens with two attached hydrogens (primary N) is 2. The molecule has 3 aliphatic heterocycles. The molecule has 11 N–H and O–H groups in total. The van der Waals surface area contributed by atoms with Crippen LogP contribution in [0.25, 0.3) is 33.3 Å². The second-order valence-electron chi connectivity index (χ2n) is 32.0. The Bertz CT molecular complexity index is 3970. The number of nitrogens with zero attached hydrogens (tertiary/aromatic N) is 5. The number of nitrogens with one attached hydrogen (secondary N) is 3. The van der Waals surface area contributed by atoms with E-state index in [1.807, 2.05) is 50.3 Å². The number of piperidine rings is 1. The molecule has 0 unspecified atom stereocenters. The summed E-state index contributed by atoms with van der Waals surface area (Å²) in [6.45, 7) is 17.7. The molecular formula is C87H134N10O24. The van der Waals surface area contributed by atoms with E-state index in [2.05, 4.69) is 25.6 Å². The lowest BCUT2D eigenvalue weighted by molar-refractivity contribution is -0.265. The normalized spacial score (nSPS) is 27.1. The molecule has 16 atom stereocenters. The number of Topliss-reactive ketones (excluding diaryl/α,β-unsaturated/α-hetero) is 2. The van der Waals surface area contributed by atoms with Gasteiger partial charge in [-0.05, 0) is 138 Å². The molecule has 4 aromatic rings. The number of methoxy groups -OCH3 is 3. The quantitative estimate of drug-likeness (QED) is 0.00928. The fourth-order valence-electron chi connectivity index (χ4n) is 15.7. The number of benzene rings is 1. The first-order chi connectivity index (χ1) is 58.3. The average molecular weight is 1700 g/mol. The predicted molar refractivity (Wildman–Crippen MR) is 449 cm³/mol. The van der Waals surface area contributed by atoms with Gasteiger partial charge in [0.15, 0.2) is 11.4 Å². The van der Waals surface area contributed by atoms with Crippen LogP contribution in [0.15, 0.2) is 78.2 Å². The minimum Gasteiger partial charge on any atom is -0.508 e. The zero-order valence-corrected chi connectivity index (χ0v) is 72.1. The Morgan fingerprint density at radius 3 is 2.02 bits per heavy atom. The number of esters is 1. The van der Waals surface area contributed by atoms with Crippen LogP contribution in [0.2, 0.25) is 0 Å². The number of fused-ring (bicyclic) bond motifs is 5. The number of aliphatic hydroxyl groups excluding tert-OH is 2. The first kappa shape index (κ1) is 98.7. The molecule has 676 valence electrons.